The average molecular weight is 324 g/mol. The summed E-state index contributed by atoms with van der Waals surface area (Å²) in [4.78, 5) is 15.5. The van der Waals surface area contributed by atoms with Gasteiger partial charge in [-0.1, -0.05) is 0 Å². The Labute approximate surface area is 143 Å². The standard InChI is InChI=1S/C19H24N4O/c1-14-9-17(6-7-20-14)24-12-15-3-2-8-23(11-15)19-10-18(16-4-5-16)21-13-22-19/h6-7,9-10,13,15-16H,2-5,8,11-12H2,1H3. The van der Waals surface area contributed by atoms with Gasteiger partial charge in [0.1, 0.15) is 17.9 Å². The maximum absolute atomic E-state index is 5.98. The molecule has 2 aromatic rings. The van der Waals surface area contributed by atoms with E-state index in [1.165, 1.54) is 31.4 Å². The monoisotopic (exact) mass is 324 g/mol. The van der Waals surface area contributed by atoms with Gasteiger partial charge in [-0.2, -0.15) is 0 Å². The zero-order chi connectivity index (χ0) is 16.4. The second kappa shape index (κ2) is 6.75. The minimum absolute atomic E-state index is 0.534. The maximum atomic E-state index is 5.98. The number of anilines is 1. The van der Waals surface area contributed by atoms with E-state index in [-0.39, 0.29) is 0 Å². The lowest BCUT2D eigenvalue weighted by atomic mass is 9.99. The predicted octanol–water partition coefficient (Wildman–Crippen LogP) is 3.35. The Balaban J connectivity index is 1.37. The van der Waals surface area contributed by atoms with Crippen LogP contribution in [0, 0.1) is 12.8 Å². The summed E-state index contributed by atoms with van der Waals surface area (Å²) in [6.45, 7) is 4.82. The molecule has 0 radical (unpaired) electrons. The van der Waals surface area contributed by atoms with E-state index in [4.69, 9.17) is 4.74 Å². The minimum Gasteiger partial charge on any atom is -0.493 e. The van der Waals surface area contributed by atoms with Gasteiger partial charge in [-0.05, 0) is 38.7 Å². The first-order valence-electron chi connectivity index (χ1n) is 8.90. The molecule has 0 bridgehead atoms. The highest BCUT2D eigenvalue weighted by molar-refractivity contribution is 5.41. The van der Waals surface area contributed by atoms with Gasteiger partial charge in [0.05, 0.1) is 6.61 Å². The predicted molar refractivity (Wildman–Crippen MR) is 93.4 cm³/mol. The van der Waals surface area contributed by atoms with Crippen molar-refractivity contribution in [3.8, 4) is 5.75 Å². The van der Waals surface area contributed by atoms with Gasteiger partial charge in [0.2, 0.25) is 0 Å². The molecule has 126 valence electrons. The molecule has 1 atom stereocenters. The molecule has 0 aromatic carbocycles. The van der Waals surface area contributed by atoms with Gasteiger partial charge in [0.25, 0.3) is 0 Å². The number of nitrogens with zero attached hydrogens (tertiary/aromatic N) is 4. The molecular weight excluding hydrogens is 300 g/mol. The highest BCUT2D eigenvalue weighted by Gasteiger charge is 2.27. The molecule has 2 aliphatic rings. The Bertz CT molecular complexity index is 701. The molecule has 1 aliphatic carbocycles. The van der Waals surface area contributed by atoms with E-state index >= 15 is 0 Å². The van der Waals surface area contributed by atoms with Crippen LogP contribution in [-0.2, 0) is 0 Å². The molecule has 4 rings (SSSR count). The molecule has 1 saturated heterocycles. The summed E-state index contributed by atoms with van der Waals surface area (Å²) in [5, 5.41) is 0. The summed E-state index contributed by atoms with van der Waals surface area (Å²) in [5.41, 5.74) is 2.21. The first-order valence-corrected chi connectivity index (χ1v) is 8.90. The SMILES string of the molecule is Cc1cc(OCC2CCCN(c3cc(C4CC4)ncn3)C2)ccn1. The zero-order valence-corrected chi connectivity index (χ0v) is 14.2. The van der Waals surface area contributed by atoms with Crippen molar-refractivity contribution in [2.24, 2.45) is 5.92 Å². The number of aromatic nitrogens is 3. The summed E-state index contributed by atoms with van der Waals surface area (Å²) in [7, 11) is 0. The van der Waals surface area contributed by atoms with E-state index < -0.39 is 0 Å². The van der Waals surface area contributed by atoms with E-state index in [0.29, 0.717) is 11.8 Å². The van der Waals surface area contributed by atoms with Crippen LogP contribution in [-0.4, -0.2) is 34.6 Å². The Kier molecular flexibility index (Phi) is 4.32. The van der Waals surface area contributed by atoms with Crippen LogP contribution in [0.5, 0.6) is 5.75 Å². The van der Waals surface area contributed by atoms with Crippen molar-refractivity contribution in [2.45, 2.75) is 38.5 Å². The smallest absolute Gasteiger partial charge is 0.132 e. The van der Waals surface area contributed by atoms with Gasteiger partial charge in [0.15, 0.2) is 0 Å². The molecule has 1 unspecified atom stereocenters. The molecule has 2 fully saturated rings. The third-order valence-corrected chi connectivity index (χ3v) is 4.87. The normalized spacial score (nSPS) is 20.9. The van der Waals surface area contributed by atoms with Crippen LogP contribution in [0.4, 0.5) is 5.82 Å². The van der Waals surface area contributed by atoms with Gasteiger partial charge in [-0.25, -0.2) is 9.97 Å². The number of hydrogen-bond donors (Lipinski definition) is 0. The van der Waals surface area contributed by atoms with Crippen LogP contribution < -0.4 is 9.64 Å². The Morgan fingerprint density at radius 2 is 2.08 bits per heavy atom. The highest BCUT2D eigenvalue weighted by Crippen LogP contribution is 2.39. The van der Waals surface area contributed by atoms with Crippen LogP contribution in [0.3, 0.4) is 0 Å². The number of ether oxygens (including phenoxy) is 1. The Hall–Kier alpha value is -2.17. The molecule has 0 N–H and O–H groups in total. The second-order valence-corrected chi connectivity index (χ2v) is 6.97. The molecule has 5 nitrogen and oxygen atoms in total. The number of rotatable bonds is 5. The van der Waals surface area contributed by atoms with Gasteiger partial charge >= 0.3 is 0 Å². The third kappa shape index (κ3) is 3.66. The van der Waals surface area contributed by atoms with E-state index in [2.05, 4.69) is 25.9 Å². The Morgan fingerprint density at radius 1 is 1.17 bits per heavy atom. The van der Waals surface area contributed by atoms with Crippen LogP contribution in [0.15, 0.2) is 30.7 Å². The van der Waals surface area contributed by atoms with Gasteiger partial charge in [-0.15, -0.1) is 0 Å². The van der Waals surface area contributed by atoms with Gasteiger partial charge < -0.3 is 9.64 Å². The van der Waals surface area contributed by atoms with Crippen LogP contribution in [0.25, 0.3) is 0 Å². The summed E-state index contributed by atoms with van der Waals surface area (Å²) >= 11 is 0. The van der Waals surface area contributed by atoms with E-state index in [1.807, 2.05) is 19.1 Å². The average Bonchev–Trinajstić information content (AvgIpc) is 3.46. The largest absolute Gasteiger partial charge is 0.493 e. The van der Waals surface area contributed by atoms with E-state index in [0.717, 1.165) is 37.0 Å². The lowest BCUT2D eigenvalue weighted by Crippen LogP contribution is -2.38. The van der Waals surface area contributed by atoms with E-state index in [1.54, 1.807) is 12.5 Å². The lowest BCUT2D eigenvalue weighted by Gasteiger charge is -2.33. The summed E-state index contributed by atoms with van der Waals surface area (Å²) in [6.07, 6.45) is 8.48. The number of aryl methyl sites for hydroxylation is 1. The van der Waals surface area contributed by atoms with Crippen molar-refractivity contribution < 1.29 is 4.74 Å². The number of pyridine rings is 1. The minimum atomic E-state index is 0.534. The second-order valence-electron chi connectivity index (χ2n) is 6.97. The molecule has 2 aromatic heterocycles. The lowest BCUT2D eigenvalue weighted by molar-refractivity contribution is 0.228. The summed E-state index contributed by atoms with van der Waals surface area (Å²) in [6, 6.07) is 6.11. The fraction of sp³-hybridized carbons (Fsp3) is 0.526. The highest BCUT2D eigenvalue weighted by atomic mass is 16.5. The zero-order valence-electron chi connectivity index (χ0n) is 14.2. The maximum Gasteiger partial charge on any atom is 0.132 e. The quantitative estimate of drug-likeness (QED) is 0.844. The molecule has 3 heterocycles. The number of piperidine rings is 1. The molecule has 0 spiro atoms. The van der Waals surface area contributed by atoms with Crippen LogP contribution in [0.1, 0.15) is 43.0 Å². The van der Waals surface area contributed by atoms with Crippen molar-refractivity contribution >= 4 is 5.82 Å². The summed E-state index contributed by atoms with van der Waals surface area (Å²) in [5.74, 6) is 3.20. The Morgan fingerprint density at radius 3 is 2.92 bits per heavy atom. The fourth-order valence-electron chi connectivity index (χ4n) is 3.37. The van der Waals surface area contributed by atoms with Crippen molar-refractivity contribution in [1.82, 2.24) is 15.0 Å². The molecule has 24 heavy (non-hydrogen) atoms. The van der Waals surface area contributed by atoms with Crippen LogP contribution in [0.2, 0.25) is 0 Å². The number of hydrogen-bond acceptors (Lipinski definition) is 5. The molecule has 1 saturated carbocycles. The van der Waals surface area contributed by atoms with E-state index in [9.17, 15) is 0 Å². The molecule has 0 amide bonds. The first-order chi connectivity index (χ1) is 11.8. The van der Waals surface area contributed by atoms with Crippen molar-refractivity contribution in [3.05, 3.63) is 42.1 Å². The van der Waals surface area contributed by atoms with Gasteiger partial charge in [0, 0.05) is 54.6 Å². The van der Waals surface area contributed by atoms with Crippen LogP contribution >= 0.6 is 0 Å². The fourth-order valence-corrected chi connectivity index (χ4v) is 3.37. The van der Waals surface area contributed by atoms with Crippen molar-refractivity contribution in [2.75, 3.05) is 24.6 Å². The summed E-state index contributed by atoms with van der Waals surface area (Å²) < 4.78 is 5.98. The molecule has 5 heteroatoms. The molecular formula is C19H24N4O. The van der Waals surface area contributed by atoms with Gasteiger partial charge in [-0.3, -0.25) is 4.98 Å². The molecule has 1 aliphatic heterocycles. The van der Waals surface area contributed by atoms with Crippen molar-refractivity contribution in [3.63, 3.8) is 0 Å². The third-order valence-electron chi connectivity index (χ3n) is 4.87. The topological polar surface area (TPSA) is 51.1 Å². The van der Waals surface area contributed by atoms with Crippen molar-refractivity contribution in [1.29, 1.82) is 0 Å². The first kappa shape index (κ1) is 15.4.